The average Bonchev–Trinajstić information content (AvgIpc) is 2.99. The molecular formula is C21H11Cl2FO5S. The Balaban J connectivity index is 1.59. The van der Waals surface area contributed by atoms with E-state index in [4.69, 9.17) is 32.1 Å². The number of benzene rings is 3. The number of hydrogen-bond donors (Lipinski definition) is 0. The van der Waals surface area contributed by atoms with Crippen molar-refractivity contribution >= 4 is 45.2 Å². The highest BCUT2D eigenvalue weighted by Crippen LogP contribution is 2.36. The monoisotopic (exact) mass is 464 g/mol. The Kier molecular flexibility index (Phi) is 5.27. The first-order valence-electron chi connectivity index (χ1n) is 8.46. The predicted molar refractivity (Wildman–Crippen MR) is 110 cm³/mol. The fraction of sp³-hybridized carbons (Fsp3) is 0. The predicted octanol–water partition coefficient (Wildman–Crippen LogP) is 5.52. The van der Waals surface area contributed by atoms with E-state index in [0.29, 0.717) is 15.6 Å². The smallest absolute Gasteiger partial charge is 0.339 e. The lowest BCUT2D eigenvalue weighted by Gasteiger charge is -2.08. The molecular weight excluding hydrogens is 454 g/mol. The normalized spacial score (nSPS) is 14.5. The molecule has 0 aliphatic carbocycles. The summed E-state index contributed by atoms with van der Waals surface area (Å²) in [5, 5.41) is 0.709. The molecule has 0 saturated carbocycles. The first-order valence-corrected chi connectivity index (χ1v) is 10.6. The Hall–Kier alpha value is -2.87. The molecule has 1 heterocycles. The number of ketones is 1. The van der Waals surface area contributed by atoms with Gasteiger partial charge < -0.3 is 8.92 Å². The summed E-state index contributed by atoms with van der Waals surface area (Å²) in [4.78, 5) is 12.3. The molecule has 9 heteroatoms. The largest absolute Gasteiger partial charge is 0.452 e. The van der Waals surface area contributed by atoms with E-state index in [9.17, 15) is 17.6 Å². The van der Waals surface area contributed by atoms with Crippen LogP contribution < -0.4 is 8.92 Å². The van der Waals surface area contributed by atoms with Gasteiger partial charge in [0.05, 0.1) is 15.6 Å². The Bertz CT molecular complexity index is 1300. The summed E-state index contributed by atoms with van der Waals surface area (Å²) in [6, 6.07) is 13.1. The molecule has 0 N–H and O–H groups in total. The summed E-state index contributed by atoms with van der Waals surface area (Å²) in [7, 11) is -4.18. The summed E-state index contributed by atoms with van der Waals surface area (Å²) < 4.78 is 48.4. The van der Waals surface area contributed by atoms with Crippen molar-refractivity contribution in [3.8, 4) is 11.5 Å². The van der Waals surface area contributed by atoms with E-state index in [1.807, 2.05) is 0 Å². The van der Waals surface area contributed by atoms with Gasteiger partial charge in [0, 0.05) is 6.07 Å². The maximum absolute atomic E-state index is 13.0. The van der Waals surface area contributed by atoms with Gasteiger partial charge >= 0.3 is 10.1 Å². The molecule has 0 aromatic heterocycles. The average molecular weight is 465 g/mol. The summed E-state index contributed by atoms with van der Waals surface area (Å²) >= 11 is 11.9. The third-order valence-corrected chi connectivity index (χ3v) is 6.19. The number of ether oxygens (including phenoxy) is 1. The second-order valence-corrected chi connectivity index (χ2v) is 8.62. The quantitative estimate of drug-likeness (QED) is 0.375. The van der Waals surface area contributed by atoms with Gasteiger partial charge in [-0.3, -0.25) is 4.79 Å². The fourth-order valence-corrected chi connectivity index (χ4v) is 3.98. The summed E-state index contributed by atoms with van der Waals surface area (Å²) in [6.07, 6.45) is 1.50. The van der Waals surface area contributed by atoms with E-state index in [2.05, 4.69) is 0 Å². The van der Waals surface area contributed by atoms with Gasteiger partial charge in [-0.15, -0.1) is 0 Å². The lowest BCUT2D eigenvalue weighted by molar-refractivity contribution is 0.101. The highest BCUT2D eigenvalue weighted by Gasteiger charge is 2.28. The van der Waals surface area contributed by atoms with Crippen LogP contribution in [0.1, 0.15) is 15.9 Å². The zero-order valence-corrected chi connectivity index (χ0v) is 17.3. The molecule has 0 radical (unpaired) electrons. The van der Waals surface area contributed by atoms with Gasteiger partial charge in [-0.25, -0.2) is 4.39 Å². The minimum Gasteiger partial charge on any atom is -0.452 e. The maximum atomic E-state index is 13.0. The molecule has 4 rings (SSSR count). The van der Waals surface area contributed by atoms with E-state index >= 15 is 0 Å². The Morgan fingerprint density at radius 2 is 1.67 bits per heavy atom. The van der Waals surface area contributed by atoms with Gasteiger partial charge in [0.15, 0.2) is 5.76 Å². The SMILES string of the molecule is O=C1/C(=C/c2ccc(Cl)c(Cl)c2)Oc2cc(OS(=O)(=O)c3ccc(F)cc3)ccc21. The van der Waals surface area contributed by atoms with E-state index in [1.165, 1.54) is 24.3 Å². The summed E-state index contributed by atoms with van der Waals surface area (Å²) in [5.41, 5.74) is 0.865. The second kappa shape index (κ2) is 7.75. The number of carbonyl (C=O) groups is 1. The molecule has 0 saturated heterocycles. The summed E-state index contributed by atoms with van der Waals surface area (Å²) in [5.74, 6) is -0.801. The standard InChI is InChI=1S/C21H11Cl2FO5S/c22-17-8-1-12(9-18(17)23)10-20-21(25)16-7-4-14(11-19(16)28-20)29-30(26,27)15-5-2-13(24)3-6-15/h1-11H/b20-10-. The lowest BCUT2D eigenvalue weighted by Crippen LogP contribution is -2.09. The first kappa shape index (κ1) is 20.4. The van der Waals surface area contributed by atoms with E-state index in [1.54, 1.807) is 18.2 Å². The van der Waals surface area contributed by atoms with Crippen molar-refractivity contribution in [3.63, 3.8) is 0 Å². The number of fused-ring (bicyclic) bond motifs is 1. The first-order chi connectivity index (χ1) is 14.2. The van der Waals surface area contributed by atoms with Crippen LogP contribution in [-0.2, 0) is 10.1 Å². The highest BCUT2D eigenvalue weighted by molar-refractivity contribution is 7.87. The Labute approximate surface area is 181 Å². The zero-order valence-electron chi connectivity index (χ0n) is 14.9. The molecule has 3 aromatic rings. The number of carbonyl (C=O) groups excluding carboxylic acids is 1. The van der Waals surface area contributed by atoms with Crippen LogP contribution in [0.3, 0.4) is 0 Å². The zero-order chi connectivity index (χ0) is 21.5. The molecule has 0 atom stereocenters. The van der Waals surface area contributed by atoms with Crippen LogP contribution in [0.5, 0.6) is 11.5 Å². The van der Waals surface area contributed by atoms with Gasteiger partial charge in [0.1, 0.15) is 22.2 Å². The molecule has 1 aliphatic heterocycles. The van der Waals surface area contributed by atoms with Gasteiger partial charge in [0.25, 0.3) is 0 Å². The van der Waals surface area contributed by atoms with Crippen LogP contribution >= 0.6 is 23.2 Å². The van der Waals surface area contributed by atoms with Crippen molar-refractivity contribution in [3.05, 3.63) is 93.4 Å². The Morgan fingerprint density at radius 1 is 0.933 bits per heavy atom. The molecule has 3 aromatic carbocycles. The number of allylic oxidation sites excluding steroid dienone is 1. The molecule has 0 fully saturated rings. The summed E-state index contributed by atoms with van der Waals surface area (Å²) in [6.45, 7) is 0. The number of halogens is 3. The lowest BCUT2D eigenvalue weighted by atomic mass is 10.1. The topological polar surface area (TPSA) is 69.7 Å². The molecule has 1 aliphatic rings. The maximum Gasteiger partial charge on any atom is 0.339 e. The molecule has 5 nitrogen and oxygen atoms in total. The minimum absolute atomic E-state index is 0.0435. The molecule has 152 valence electrons. The number of hydrogen-bond acceptors (Lipinski definition) is 5. The van der Waals surface area contributed by atoms with Gasteiger partial charge in [-0.1, -0.05) is 29.3 Å². The van der Waals surface area contributed by atoms with Crippen molar-refractivity contribution in [1.29, 1.82) is 0 Å². The van der Waals surface area contributed by atoms with Crippen molar-refractivity contribution < 1.29 is 26.5 Å². The van der Waals surface area contributed by atoms with E-state index < -0.39 is 15.9 Å². The van der Waals surface area contributed by atoms with Crippen molar-refractivity contribution in [2.45, 2.75) is 4.90 Å². The second-order valence-electron chi connectivity index (χ2n) is 6.26. The van der Waals surface area contributed by atoms with Crippen molar-refractivity contribution in [2.24, 2.45) is 0 Å². The third-order valence-electron chi connectivity index (χ3n) is 4.19. The fourth-order valence-electron chi connectivity index (χ4n) is 2.75. The molecule has 0 unspecified atom stereocenters. The molecule has 30 heavy (non-hydrogen) atoms. The van der Waals surface area contributed by atoms with Crippen LogP contribution in [0.4, 0.5) is 4.39 Å². The Morgan fingerprint density at radius 3 is 2.37 bits per heavy atom. The molecule has 0 amide bonds. The van der Waals surface area contributed by atoms with Crippen LogP contribution in [0, 0.1) is 5.82 Å². The third kappa shape index (κ3) is 4.05. The highest BCUT2D eigenvalue weighted by atomic mass is 35.5. The van der Waals surface area contributed by atoms with Crippen LogP contribution in [-0.4, -0.2) is 14.2 Å². The van der Waals surface area contributed by atoms with Crippen LogP contribution in [0.25, 0.3) is 6.08 Å². The molecule has 0 spiro atoms. The number of Topliss-reactive ketones (excluding diaryl/α,β-unsaturated/α-hetero) is 1. The van der Waals surface area contributed by atoms with Crippen molar-refractivity contribution in [2.75, 3.05) is 0 Å². The number of rotatable bonds is 4. The van der Waals surface area contributed by atoms with Gasteiger partial charge in [-0.05, 0) is 60.2 Å². The molecule has 0 bridgehead atoms. The minimum atomic E-state index is -4.18. The van der Waals surface area contributed by atoms with Gasteiger partial charge in [-0.2, -0.15) is 8.42 Å². The van der Waals surface area contributed by atoms with Crippen molar-refractivity contribution in [1.82, 2.24) is 0 Å². The van der Waals surface area contributed by atoms with Gasteiger partial charge in [0.2, 0.25) is 5.78 Å². The van der Waals surface area contributed by atoms with E-state index in [-0.39, 0.29) is 33.5 Å². The van der Waals surface area contributed by atoms with Crippen LogP contribution in [0.15, 0.2) is 71.3 Å². The van der Waals surface area contributed by atoms with Crippen LogP contribution in [0.2, 0.25) is 10.0 Å². The van der Waals surface area contributed by atoms with E-state index in [0.717, 1.165) is 24.3 Å².